The molecule has 0 amide bonds. The van der Waals surface area contributed by atoms with Crippen molar-refractivity contribution < 1.29 is 10.2 Å². The van der Waals surface area contributed by atoms with E-state index in [2.05, 4.69) is 16.3 Å². The average molecular weight is 278 g/mol. The van der Waals surface area contributed by atoms with Gasteiger partial charge in [-0.15, -0.1) is 0 Å². The number of hydrogen-bond donors (Lipinski definition) is 3. The Kier molecular flexibility index (Phi) is 5.83. The van der Waals surface area contributed by atoms with Gasteiger partial charge < -0.3 is 20.4 Å². The highest BCUT2D eigenvalue weighted by atomic mass is 16.3. The fraction of sp³-hybridized carbons (Fsp3) is 0.625. The zero-order valence-corrected chi connectivity index (χ0v) is 12.3. The van der Waals surface area contributed by atoms with E-state index >= 15 is 0 Å². The third-order valence-electron chi connectivity index (χ3n) is 3.99. The van der Waals surface area contributed by atoms with E-state index in [9.17, 15) is 10.2 Å². The van der Waals surface area contributed by atoms with Gasteiger partial charge in [-0.25, -0.2) is 0 Å². The summed E-state index contributed by atoms with van der Waals surface area (Å²) >= 11 is 0. The molecule has 3 N–H and O–H groups in total. The van der Waals surface area contributed by atoms with Crippen LogP contribution in [0.4, 0.5) is 5.69 Å². The predicted octanol–water partition coefficient (Wildman–Crippen LogP) is 1.68. The maximum absolute atomic E-state index is 10.2. The second-order valence-corrected chi connectivity index (χ2v) is 5.55. The lowest BCUT2D eigenvalue weighted by Crippen LogP contribution is -2.29. The highest BCUT2D eigenvalue weighted by molar-refractivity contribution is 5.49. The lowest BCUT2D eigenvalue weighted by atomic mass is 10.0. The van der Waals surface area contributed by atoms with Crippen molar-refractivity contribution in [2.24, 2.45) is 0 Å². The SMILES string of the molecule is CNCCC(O)C(O)c1cccc(N2CCCCC2)c1. The smallest absolute Gasteiger partial charge is 0.105 e. The molecule has 2 rings (SSSR count). The summed E-state index contributed by atoms with van der Waals surface area (Å²) in [5.41, 5.74) is 1.96. The lowest BCUT2D eigenvalue weighted by Gasteiger charge is -2.29. The summed E-state index contributed by atoms with van der Waals surface area (Å²) in [5, 5.41) is 23.2. The van der Waals surface area contributed by atoms with Gasteiger partial charge in [-0.1, -0.05) is 12.1 Å². The van der Waals surface area contributed by atoms with E-state index in [1.54, 1.807) is 0 Å². The summed E-state index contributed by atoms with van der Waals surface area (Å²) in [6, 6.07) is 7.95. The molecular weight excluding hydrogens is 252 g/mol. The molecule has 0 aliphatic carbocycles. The topological polar surface area (TPSA) is 55.7 Å². The Morgan fingerprint density at radius 3 is 2.65 bits per heavy atom. The summed E-state index contributed by atoms with van der Waals surface area (Å²) in [6.45, 7) is 2.87. The van der Waals surface area contributed by atoms with Gasteiger partial charge in [-0.05, 0) is 57.0 Å². The fourth-order valence-corrected chi connectivity index (χ4v) is 2.73. The summed E-state index contributed by atoms with van der Waals surface area (Å²) in [5.74, 6) is 0. The zero-order valence-electron chi connectivity index (χ0n) is 12.3. The Labute approximate surface area is 121 Å². The molecule has 112 valence electrons. The lowest BCUT2D eigenvalue weighted by molar-refractivity contribution is 0.0140. The summed E-state index contributed by atoms with van der Waals surface area (Å²) in [7, 11) is 1.84. The second kappa shape index (κ2) is 7.62. The monoisotopic (exact) mass is 278 g/mol. The van der Waals surface area contributed by atoms with Crippen LogP contribution < -0.4 is 10.2 Å². The first-order valence-electron chi connectivity index (χ1n) is 7.58. The first-order valence-corrected chi connectivity index (χ1v) is 7.58. The largest absolute Gasteiger partial charge is 0.390 e. The van der Waals surface area contributed by atoms with Crippen molar-refractivity contribution in [3.8, 4) is 0 Å². The molecule has 1 fully saturated rings. The Bertz CT molecular complexity index is 405. The number of anilines is 1. The molecule has 1 aliphatic heterocycles. The van der Waals surface area contributed by atoms with Crippen LogP contribution in [-0.2, 0) is 0 Å². The molecule has 1 saturated heterocycles. The van der Waals surface area contributed by atoms with Gasteiger partial charge in [0.1, 0.15) is 6.10 Å². The minimum Gasteiger partial charge on any atom is -0.390 e. The third-order valence-corrected chi connectivity index (χ3v) is 3.99. The molecule has 20 heavy (non-hydrogen) atoms. The van der Waals surface area contributed by atoms with Crippen molar-refractivity contribution in [1.82, 2.24) is 5.32 Å². The number of nitrogens with one attached hydrogen (secondary N) is 1. The predicted molar refractivity (Wildman–Crippen MR) is 82.0 cm³/mol. The van der Waals surface area contributed by atoms with E-state index in [-0.39, 0.29) is 0 Å². The van der Waals surface area contributed by atoms with Crippen LogP contribution >= 0.6 is 0 Å². The fourth-order valence-electron chi connectivity index (χ4n) is 2.73. The van der Waals surface area contributed by atoms with Gasteiger partial charge in [0.2, 0.25) is 0 Å². The van der Waals surface area contributed by atoms with Crippen LogP contribution in [-0.4, -0.2) is 43.0 Å². The van der Waals surface area contributed by atoms with Crippen molar-refractivity contribution in [1.29, 1.82) is 0 Å². The van der Waals surface area contributed by atoms with Gasteiger partial charge in [0.05, 0.1) is 6.10 Å². The first-order chi connectivity index (χ1) is 9.72. The quantitative estimate of drug-likeness (QED) is 0.741. The van der Waals surface area contributed by atoms with E-state index < -0.39 is 12.2 Å². The molecule has 0 radical (unpaired) electrons. The van der Waals surface area contributed by atoms with Crippen molar-refractivity contribution in [3.63, 3.8) is 0 Å². The van der Waals surface area contributed by atoms with Crippen molar-refractivity contribution in [3.05, 3.63) is 29.8 Å². The number of piperidine rings is 1. The first kappa shape index (κ1) is 15.3. The number of benzene rings is 1. The Morgan fingerprint density at radius 1 is 1.20 bits per heavy atom. The standard InChI is InChI=1S/C16H26N2O2/c1-17-9-8-15(19)16(20)13-6-5-7-14(12-13)18-10-3-2-4-11-18/h5-7,12,15-17,19-20H,2-4,8-11H2,1H3. The minimum atomic E-state index is -0.812. The van der Waals surface area contributed by atoms with E-state index in [1.807, 2.05) is 25.2 Å². The highest BCUT2D eigenvalue weighted by Gasteiger charge is 2.19. The zero-order chi connectivity index (χ0) is 14.4. The molecule has 2 unspecified atom stereocenters. The van der Waals surface area contributed by atoms with E-state index in [0.29, 0.717) is 13.0 Å². The van der Waals surface area contributed by atoms with Gasteiger partial charge in [0, 0.05) is 18.8 Å². The maximum Gasteiger partial charge on any atom is 0.105 e. The molecule has 0 saturated carbocycles. The van der Waals surface area contributed by atoms with Crippen molar-refractivity contribution in [2.45, 2.75) is 37.9 Å². The van der Waals surface area contributed by atoms with Gasteiger partial charge in [0.25, 0.3) is 0 Å². The molecule has 4 heteroatoms. The second-order valence-electron chi connectivity index (χ2n) is 5.55. The molecule has 1 aliphatic rings. The van der Waals surface area contributed by atoms with Crippen LogP contribution in [0.3, 0.4) is 0 Å². The molecule has 0 bridgehead atoms. The van der Waals surface area contributed by atoms with E-state index in [0.717, 1.165) is 24.3 Å². The Morgan fingerprint density at radius 2 is 1.95 bits per heavy atom. The molecule has 4 nitrogen and oxygen atoms in total. The van der Waals surface area contributed by atoms with E-state index in [1.165, 1.54) is 19.3 Å². The Hall–Kier alpha value is -1.10. The number of rotatable bonds is 6. The van der Waals surface area contributed by atoms with Gasteiger partial charge in [-0.2, -0.15) is 0 Å². The number of hydrogen-bond acceptors (Lipinski definition) is 4. The summed E-state index contributed by atoms with van der Waals surface area (Å²) < 4.78 is 0. The maximum atomic E-state index is 10.2. The average Bonchev–Trinajstić information content (AvgIpc) is 2.53. The molecule has 2 atom stereocenters. The van der Waals surface area contributed by atoms with Crippen molar-refractivity contribution in [2.75, 3.05) is 31.6 Å². The van der Waals surface area contributed by atoms with Crippen LogP contribution in [0.1, 0.15) is 37.4 Å². The molecule has 1 aromatic carbocycles. The number of aliphatic hydroxyl groups is 2. The molecule has 0 spiro atoms. The molecular formula is C16H26N2O2. The summed E-state index contributed by atoms with van der Waals surface area (Å²) in [4.78, 5) is 2.36. The van der Waals surface area contributed by atoms with Crippen LogP contribution in [0.2, 0.25) is 0 Å². The van der Waals surface area contributed by atoms with Crippen LogP contribution in [0.25, 0.3) is 0 Å². The van der Waals surface area contributed by atoms with Crippen molar-refractivity contribution >= 4 is 5.69 Å². The van der Waals surface area contributed by atoms with Gasteiger partial charge in [0.15, 0.2) is 0 Å². The molecule has 0 aromatic heterocycles. The van der Waals surface area contributed by atoms with Gasteiger partial charge >= 0.3 is 0 Å². The van der Waals surface area contributed by atoms with E-state index in [4.69, 9.17) is 0 Å². The third kappa shape index (κ3) is 3.95. The number of aliphatic hydroxyl groups excluding tert-OH is 2. The van der Waals surface area contributed by atoms with Gasteiger partial charge in [-0.3, -0.25) is 0 Å². The highest BCUT2D eigenvalue weighted by Crippen LogP contribution is 2.25. The molecule has 1 aromatic rings. The van der Waals surface area contributed by atoms with Crippen LogP contribution in [0.15, 0.2) is 24.3 Å². The number of nitrogens with zero attached hydrogens (tertiary/aromatic N) is 1. The summed E-state index contributed by atoms with van der Waals surface area (Å²) in [6.07, 6.45) is 2.79. The Balaban J connectivity index is 2.04. The van der Waals surface area contributed by atoms with Crippen LogP contribution in [0, 0.1) is 0 Å². The normalized spacial score (nSPS) is 18.9. The molecule has 1 heterocycles. The minimum absolute atomic E-state index is 0.547. The van der Waals surface area contributed by atoms with Crippen LogP contribution in [0.5, 0.6) is 0 Å².